The van der Waals surface area contributed by atoms with Gasteiger partial charge in [-0.1, -0.05) is 0 Å². The number of carbonyl (C=O) groups excluding carboxylic acids is 1. The van der Waals surface area contributed by atoms with Gasteiger partial charge in [0, 0.05) is 12.1 Å². The van der Waals surface area contributed by atoms with Crippen molar-refractivity contribution in [1.29, 1.82) is 0 Å². The zero-order valence-corrected chi connectivity index (χ0v) is 6.93. The highest BCUT2D eigenvalue weighted by atomic mass is 16.6. The second-order valence-electron chi connectivity index (χ2n) is 2.70. The van der Waals surface area contributed by atoms with Crippen LogP contribution in [0, 0.1) is 10.1 Å². The molecule has 0 unspecified atom stereocenters. The molecule has 0 aliphatic heterocycles. The quantitative estimate of drug-likeness (QED) is 0.440. The molecule has 0 atom stereocenters. The molecule has 0 bridgehead atoms. The molecule has 0 amide bonds. The maximum absolute atomic E-state index is 10.4. The van der Waals surface area contributed by atoms with Crippen LogP contribution in [-0.4, -0.2) is 21.2 Å². The van der Waals surface area contributed by atoms with E-state index in [0.717, 1.165) is 0 Å². The van der Waals surface area contributed by atoms with Gasteiger partial charge in [0.1, 0.15) is 0 Å². The molecule has 1 N–H and O–H groups in total. The third-order valence-electron chi connectivity index (χ3n) is 1.81. The van der Waals surface area contributed by atoms with E-state index in [1.54, 1.807) is 0 Å². The summed E-state index contributed by atoms with van der Waals surface area (Å²) in [6.45, 7) is 0. The summed E-state index contributed by atoms with van der Waals surface area (Å²) in [4.78, 5) is 26.8. The molecule has 2 aromatic rings. The van der Waals surface area contributed by atoms with Crippen molar-refractivity contribution in [2.75, 3.05) is 0 Å². The molecule has 0 spiro atoms. The largest absolute Gasteiger partial charge is 0.336 e. The van der Waals surface area contributed by atoms with Gasteiger partial charge in [0.25, 0.3) is 5.69 Å². The molecule has 1 heterocycles. The highest BCUT2D eigenvalue weighted by molar-refractivity contribution is 5.83. The number of H-pyrrole nitrogens is 1. The minimum Gasteiger partial charge on any atom is -0.336 e. The molecule has 0 saturated heterocycles. The van der Waals surface area contributed by atoms with E-state index in [0.29, 0.717) is 17.3 Å². The topological polar surface area (TPSA) is 88.9 Å². The van der Waals surface area contributed by atoms with E-state index in [-0.39, 0.29) is 11.5 Å². The molecule has 0 saturated carbocycles. The summed E-state index contributed by atoms with van der Waals surface area (Å²) < 4.78 is 0. The summed E-state index contributed by atoms with van der Waals surface area (Å²) in [5.41, 5.74) is 0.998. The molecule has 1 aromatic carbocycles. The number of hydrogen-bond donors (Lipinski definition) is 1. The smallest absolute Gasteiger partial charge is 0.271 e. The molecule has 0 aliphatic carbocycles. The Kier molecular flexibility index (Phi) is 1.74. The summed E-state index contributed by atoms with van der Waals surface area (Å²) in [5.74, 6) is 0.167. The van der Waals surface area contributed by atoms with Gasteiger partial charge in [0.05, 0.1) is 16.0 Å². The van der Waals surface area contributed by atoms with Crippen LogP contribution in [-0.2, 0) is 0 Å². The van der Waals surface area contributed by atoms with E-state index in [2.05, 4.69) is 9.97 Å². The monoisotopic (exact) mass is 191 g/mol. The number of nitro groups is 1. The number of fused-ring (bicyclic) bond motifs is 1. The molecular formula is C8H5N3O3. The number of aldehydes is 1. The zero-order chi connectivity index (χ0) is 10.1. The molecule has 6 nitrogen and oxygen atoms in total. The van der Waals surface area contributed by atoms with Gasteiger partial charge in [-0.3, -0.25) is 14.9 Å². The Labute approximate surface area is 77.7 Å². The normalized spacial score (nSPS) is 10.3. The van der Waals surface area contributed by atoms with Gasteiger partial charge >= 0.3 is 0 Å². The molecule has 6 heteroatoms. The van der Waals surface area contributed by atoms with Crippen LogP contribution < -0.4 is 0 Å². The lowest BCUT2D eigenvalue weighted by Gasteiger charge is -1.89. The predicted molar refractivity (Wildman–Crippen MR) is 48.1 cm³/mol. The maximum Gasteiger partial charge on any atom is 0.271 e. The molecule has 0 fully saturated rings. The standard InChI is InChI=1S/C8H5N3O3/c12-4-8-9-6-2-1-5(11(13)14)3-7(6)10-8/h1-4H,(H,9,10). The summed E-state index contributed by atoms with van der Waals surface area (Å²) >= 11 is 0. The molecule has 14 heavy (non-hydrogen) atoms. The van der Waals surface area contributed by atoms with Gasteiger partial charge in [-0.2, -0.15) is 0 Å². The number of rotatable bonds is 2. The average molecular weight is 191 g/mol. The van der Waals surface area contributed by atoms with Crippen LogP contribution in [0.15, 0.2) is 18.2 Å². The fraction of sp³-hybridized carbons (Fsp3) is 0. The van der Waals surface area contributed by atoms with Crippen molar-refractivity contribution in [3.8, 4) is 0 Å². The number of nitrogens with zero attached hydrogens (tertiary/aromatic N) is 2. The Morgan fingerprint density at radius 3 is 2.93 bits per heavy atom. The summed E-state index contributed by atoms with van der Waals surface area (Å²) in [6.07, 6.45) is 0.561. The SMILES string of the molecule is O=Cc1nc2ccc([N+](=O)[O-])cc2[nH]1. The second-order valence-corrected chi connectivity index (χ2v) is 2.70. The van der Waals surface area contributed by atoms with Crippen molar-refractivity contribution in [2.45, 2.75) is 0 Å². The first-order valence-electron chi connectivity index (χ1n) is 3.80. The van der Waals surface area contributed by atoms with Crippen LogP contribution in [0.1, 0.15) is 10.6 Å². The van der Waals surface area contributed by atoms with Gasteiger partial charge in [0.2, 0.25) is 0 Å². The van der Waals surface area contributed by atoms with Crippen LogP contribution in [0.25, 0.3) is 11.0 Å². The van der Waals surface area contributed by atoms with E-state index in [4.69, 9.17) is 0 Å². The highest BCUT2D eigenvalue weighted by Gasteiger charge is 2.08. The van der Waals surface area contributed by atoms with Gasteiger partial charge in [-0.25, -0.2) is 4.98 Å². The van der Waals surface area contributed by atoms with Gasteiger partial charge in [-0.05, 0) is 6.07 Å². The van der Waals surface area contributed by atoms with Crippen molar-refractivity contribution in [3.05, 3.63) is 34.1 Å². The fourth-order valence-corrected chi connectivity index (χ4v) is 1.19. The number of hydrogen-bond acceptors (Lipinski definition) is 4. The van der Waals surface area contributed by atoms with E-state index in [1.165, 1.54) is 18.2 Å². The van der Waals surface area contributed by atoms with Crippen molar-refractivity contribution in [2.24, 2.45) is 0 Å². The summed E-state index contributed by atoms with van der Waals surface area (Å²) in [7, 11) is 0. The van der Waals surface area contributed by atoms with Crippen LogP contribution in [0.4, 0.5) is 5.69 Å². The van der Waals surface area contributed by atoms with E-state index < -0.39 is 4.92 Å². The maximum atomic E-state index is 10.4. The van der Waals surface area contributed by atoms with E-state index in [1.807, 2.05) is 0 Å². The lowest BCUT2D eigenvalue weighted by molar-refractivity contribution is -0.384. The third kappa shape index (κ3) is 1.22. The number of nitrogens with one attached hydrogen (secondary N) is 1. The molecular weight excluding hydrogens is 186 g/mol. The minimum absolute atomic E-state index is 0.0291. The van der Waals surface area contributed by atoms with Crippen LogP contribution in [0.3, 0.4) is 0 Å². The second kappa shape index (κ2) is 2.91. The number of aromatic nitrogens is 2. The molecule has 0 aliphatic rings. The number of carbonyl (C=O) groups is 1. The first-order chi connectivity index (χ1) is 6.70. The Balaban J connectivity index is 2.65. The highest BCUT2D eigenvalue weighted by Crippen LogP contribution is 2.18. The van der Waals surface area contributed by atoms with Crippen LogP contribution in [0.5, 0.6) is 0 Å². The Hall–Kier alpha value is -2.24. The number of nitro benzene ring substituents is 1. The first-order valence-corrected chi connectivity index (χ1v) is 3.80. The number of imidazole rings is 1. The fourth-order valence-electron chi connectivity index (χ4n) is 1.19. The Morgan fingerprint density at radius 2 is 2.29 bits per heavy atom. The predicted octanol–water partition coefficient (Wildman–Crippen LogP) is 1.28. The van der Waals surface area contributed by atoms with Crippen molar-refractivity contribution < 1.29 is 9.72 Å². The zero-order valence-electron chi connectivity index (χ0n) is 6.93. The number of benzene rings is 1. The van der Waals surface area contributed by atoms with Crippen molar-refractivity contribution in [1.82, 2.24) is 9.97 Å². The third-order valence-corrected chi connectivity index (χ3v) is 1.81. The van der Waals surface area contributed by atoms with Crippen LogP contribution in [0.2, 0.25) is 0 Å². The minimum atomic E-state index is -0.499. The summed E-state index contributed by atoms with van der Waals surface area (Å²) in [6, 6.07) is 4.18. The Morgan fingerprint density at radius 1 is 1.50 bits per heavy atom. The van der Waals surface area contributed by atoms with Crippen molar-refractivity contribution >= 4 is 23.0 Å². The van der Waals surface area contributed by atoms with E-state index >= 15 is 0 Å². The van der Waals surface area contributed by atoms with Gasteiger partial charge < -0.3 is 4.98 Å². The molecule has 2 rings (SSSR count). The number of aromatic amines is 1. The van der Waals surface area contributed by atoms with Gasteiger partial charge in [0.15, 0.2) is 12.1 Å². The molecule has 1 aromatic heterocycles. The Bertz CT molecular complexity index is 518. The van der Waals surface area contributed by atoms with Gasteiger partial charge in [-0.15, -0.1) is 0 Å². The van der Waals surface area contributed by atoms with Crippen molar-refractivity contribution in [3.63, 3.8) is 0 Å². The lowest BCUT2D eigenvalue weighted by Crippen LogP contribution is -1.86. The van der Waals surface area contributed by atoms with Crippen LogP contribution >= 0.6 is 0 Å². The number of non-ortho nitro benzene ring substituents is 1. The lowest BCUT2D eigenvalue weighted by atomic mass is 10.3. The van der Waals surface area contributed by atoms with E-state index in [9.17, 15) is 14.9 Å². The molecule has 70 valence electrons. The average Bonchev–Trinajstić information content (AvgIpc) is 2.58. The summed E-state index contributed by atoms with van der Waals surface area (Å²) in [5, 5.41) is 10.4. The molecule has 0 radical (unpaired) electrons. The first kappa shape index (κ1) is 8.36.